The van der Waals surface area contributed by atoms with Gasteiger partial charge in [0.05, 0.1) is 0 Å². The summed E-state index contributed by atoms with van der Waals surface area (Å²) in [6, 6.07) is 6.13. The molecule has 1 unspecified atom stereocenters. The van der Waals surface area contributed by atoms with E-state index < -0.39 is 11.9 Å². The predicted octanol–water partition coefficient (Wildman–Crippen LogP) is 0.948. The zero-order valence-corrected chi connectivity index (χ0v) is 11.1. The first-order valence-electron chi connectivity index (χ1n) is 6.13. The zero-order valence-electron chi connectivity index (χ0n) is 11.1. The first-order valence-corrected chi connectivity index (χ1v) is 6.13. The third-order valence-electron chi connectivity index (χ3n) is 2.83. The number of hydrogen-bond acceptors (Lipinski definition) is 3. The number of amides is 2. The average molecular weight is 262 g/mol. The summed E-state index contributed by atoms with van der Waals surface area (Å²) in [4.78, 5) is 34.6. The molecule has 0 aliphatic carbocycles. The summed E-state index contributed by atoms with van der Waals surface area (Å²) in [6.45, 7) is 3.48. The van der Waals surface area contributed by atoms with E-state index in [0.717, 1.165) is 5.56 Å². The van der Waals surface area contributed by atoms with Crippen LogP contribution in [0.2, 0.25) is 0 Å². The van der Waals surface area contributed by atoms with Gasteiger partial charge in [-0.2, -0.15) is 0 Å². The number of nitrogens with one attached hydrogen (secondary N) is 1. The number of Topliss-reactive ketones (excluding diaryl/α,β-unsaturated/α-hetero) is 1. The van der Waals surface area contributed by atoms with Crippen molar-refractivity contribution >= 4 is 17.6 Å². The first-order chi connectivity index (χ1) is 8.95. The Labute approximate surface area is 112 Å². The van der Waals surface area contributed by atoms with Gasteiger partial charge in [0, 0.05) is 18.4 Å². The van der Waals surface area contributed by atoms with Crippen molar-refractivity contribution in [3.63, 3.8) is 0 Å². The van der Waals surface area contributed by atoms with Crippen LogP contribution in [0.3, 0.4) is 0 Å². The highest BCUT2D eigenvalue weighted by atomic mass is 16.2. The van der Waals surface area contributed by atoms with Crippen LogP contribution in [0.4, 0.5) is 0 Å². The molecule has 0 aliphatic heterocycles. The smallest absolute Gasteiger partial charge is 0.240 e. The second kappa shape index (κ2) is 6.68. The van der Waals surface area contributed by atoms with Gasteiger partial charge in [0.2, 0.25) is 11.8 Å². The third-order valence-corrected chi connectivity index (χ3v) is 2.83. The molecule has 102 valence electrons. The van der Waals surface area contributed by atoms with E-state index in [2.05, 4.69) is 5.32 Å². The van der Waals surface area contributed by atoms with Crippen LogP contribution in [0.1, 0.15) is 35.7 Å². The Hall–Kier alpha value is -2.17. The lowest BCUT2D eigenvalue weighted by molar-refractivity contribution is -0.127. The van der Waals surface area contributed by atoms with Gasteiger partial charge in [-0.25, -0.2) is 0 Å². The highest BCUT2D eigenvalue weighted by Gasteiger charge is 2.22. The minimum atomic E-state index is -0.959. The van der Waals surface area contributed by atoms with E-state index in [1.165, 1.54) is 0 Å². The Bertz CT molecular complexity index is 497. The van der Waals surface area contributed by atoms with Crippen molar-refractivity contribution in [1.82, 2.24) is 5.32 Å². The fourth-order valence-corrected chi connectivity index (χ4v) is 1.70. The third kappa shape index (κ3) is 4.21. The maximum Gasteiger partial charge on any atom is 0.240 e. The van der Waals surface area contributed by atoms with Gasteiger partial charge in [0.25, 0.3) is 0 Å². The van der Waals surface area contributed by atoms with E-state index in [-0.39, 0.29) is 24.5 Å². The molecule has 0 radical (unpaired) electrons. The van der Waals surface area contributed by atoms with E-state index in [0.29, 0.717) is 5.56 Å². The van der Waals surface area contributed by atoms with Crippen LogP contribution in [0, 0.1) is 6.92 Å². The van der Waals surface area contributed by atoms with Gasteiger partial charge < -0.3 is 11.1 Å². The predicted molar refractivity (Wildman–Crippen MR) is 71.5 cm³/mol. The van der Waals surface area contributed by atoms with Crippen LogP contribution in [0.25, 0.3) is 0 Å². The second-order valence-corrected chi connectivity index (χ2v) is 4.32. The van der Waals surface area contributed by atoms with Gasteiger partial charge in [0.1, 0.15) is 6.04 Å². The summed E-state index contributed by atoms with van der Waals surface area (Å²) >= 11 is 0. The van der Waals surface area contributed by atoms with Crippen molar-refractivity contribution < 1.29 is 14.4 Å². The standard InChI is InChI=1S/C14H18N2O3/c1-3-13(18)16-11(14(15)19)8-12(17)10-7-5-4-6-9(10)2/h4-7,11H,3,8H2,1-2H3,(H2,15,19)(H,16,18). The largest absolute Gasteiger partial charge is 0.368 e. The lowest BCUT2D eigenvalue weighted by atomic mass is 9.99. The van der Waals surface area contributed by atoms with Crippen molar-refractivity contribution in [3.05, 3.63) is 35.4 Å². The molecule has 1 aromatic carbocycles. The molecule has 0 aromatic heterocycles. The number of primary amides is 1. The lowest BCUT2D eigenvalue weighted by Gasteiger charge is -2.14. The molecule has 5 heteroatoms. The summed E-state index contributed by atoms with van der Waals surface area (Å²) in [7, 11) is 0. The SMILES string of the molecule is CCC(=O)NC(CC(=O)c1ccccc1C)C(N)=O. The summed E-state index contributed by atoms with van der Waals surface area (Å²) in [5.41, 5.74) is 6.57. The molecule has 0 saturated heterocycles. The number of aryl methyl sites for hydroxylation is 1. The highest BCUT2D eigenvalue weighted by molar-refractivity contribution is 6.01. The molecule has 0 spiro atoms. The molecule has 0 saturated carbocycles. The molecule has 2 amide bonds. The first kappa shape index (κ1) is 14.9. The number of rotatable bonds is 6. The fourth-order valence-electron chi connectivity index (χ4n) is 1.70. The molecular weight excluding hydrogens is 244 g/mol. The Morgan fingerprint density at radius 3 is 2.42 bits per heavy atom. The molecule has 1 aromatic rings. The highest BCUT2D eigenvalue weighted by Crippen LogP contribution is 2.11. The molecule has 1 rings (SSSR count). The molecular formula is C14H18N2O3. The van der Waals surface area contributed by atoms with Crippen LogP contribution in [-0.4, -0.2) is 23.6 Å². The molecule has 5 nitrogen and oxygen atoms in total. The number of nitrogens with two attached hydrogens (primary N) is 1. The lowest BCUT2D eigenvalue weighted by Crippen LogP contribution is -2.45. The summed E-state index contributed by atoms with van der Waals surface area (Å²) < 4.78 is 0. The molecule has 19 heavy (non-hydrogen) atoms. The number of carbonyl (C=O) groups is 3. The van der Waals surface area contributed by atoms with Crippen molar-refractivity contribution in [1.29, 1.82) is 0 Å². The molecule has 0 bridgehead atoms. The van der Waals surface area contributed by atoms with Crippen molar-refractivity contribution in [2.45, 2.75) is 32.7 Å². The average Bonchev–Trinajstić information content (AvgIpc) is 2.37. The van der Waals surface area contributed by atoms with Crippen LogP contribution in [0.15, 0.2) is 24.3 Å². The summed E-state index contributed by atoms with van der Waals surface area (Å²) in [5, 5.41) is 2.45. The van der Waals surface area contributed by atoms with Gasteiger partial charge >= 0.3 is 0 Å². The van der Waals surface area contributed by atoms with Gasteiger partial charge in [-0.05, 0) is 12.5 Å². The monoisotopic (exact) mass is 262 g/mol. The van der Waals surface area contributed by atoms with Gasteiger partial charge in [-0.15, -0.1) is 0 Å². The topological polar surface area (TPSA) is 89.3 Å². The Morgan fingerprint density at radius 1 is 1.26 bits per heavy atom. The second-order valence-electron chi connectivity index (χ2n) is 4.32. The van der Waals surface area contributed by atoms with Gasteiger partial charge in [-0.1, -0.05) is 31.2 Å². The molecule has 1 atom stereocenters. The quantitative estimate of drug-likeness (QED) is 0.748. The molecule has 0 aliphatic rings. The minimum Gasteiger partial charge on any atom is -0.368 e. The van der Waals surface area contributed by atoms with E-state index in [1.807, 2.05) is 19.1 Å². The zero-order chi connectivity index (χ0) is 14.4. The number of ketones is 1. The van der Waals surface area contributed by atoms with Gasteiger partial charge in [0.15, 0.2) is 5.78 Å². The Balaban J connectivity index is 2.80. The maximum atomic E-state index is 12.1. The normalized spacial score (nSPS) is 11.7. The van der Waals surface area contributed by atoms with E-state index in [9.17, 15) is 14.4 Å². The summed E-state index contributed by atoms with van der Waals surface area (Å²) in [6.07, 6.45) is 0.119. The number of carbonyl (C=O) groups excluding carboxylic acids is 3. The number of benzene rings is 1. The van der Waals surface area contributed by atoms with Crippen LogP contribution in [0.5, 0.6) is 0 Å². The van der Waals surface area contributed by atoms with Crippen LogP contribution in [-0.2, 0) is 9.59 Å². The fraction of sp³-hybridized carbons (Fsp3) is 0.357. The minimum absolute atomic E-state index is 0.119. The van der Waals surface area contributed by atoms with Crippen molar-refractivity contribution in [3.8, 4) is 0 Å². The van der Waals surface area contributed by atoms with Crippen LogP contribution < -0.4 is 11.1 Å². The summed E-state index contributed by atoms with van der Waals surface area (Å²) in [5.74, 6) is -1.22. The van der Waals surface area contributed by atoms with E-state index in [1.54, 1.807) is 19.1 Å². The van der Waals surface area contributed by atoms with E-state index >= 15 is 0 Å². The van der Waals surface area contributed by atoms with Crippen molar-refractivity contribution in [2.24, 2.45) is 5.73 Å². The molecule has 0 heterocycles. The maximum absolute atomic E-state index is 12.1. The Morgan fingerprint density at radius 2 is 1.89 bits per heavy atom. The van der Waals surface area contributed by atoms with Gasteiger partial charge in [-0.3, -0.25) is 14.4 Å². The molecule has 0 fully saturated rings. The number of hydrogen-bond donors (Lipinski definition) is 2. The molecule has 3 N–H and O–H groups in total. The van der Waals surface area contributed by atoms with E-state index in [4.69, 9.17) is 5.73 Å². The van der Waals surface area contributed by atoms with Crippen molar-refractivity contribution in [2.75, 3.05) is 0 Å². The van der Waals surface area contributed by atoms with Crippen LogP contribution >= 0.6 is 0 Å². The Kier molecular flexibility index (Phi) is 5.23.